The van der Waals surface area contributed by atoms with E-state index >= 15 is 0 Å². The van der Waals surface area contributed by atoms with E-state index in [1.54, 1.807) is 27.7 Å². The van der Waals surface area contributed by atoms with Crippen molar-refractivity contribution in [2.24, 2.45) is 0 Å². The molecule has 0 unspecified atom stereocenters. The minimum absolute atomic E-state index is 0.0332. The topological polar surface area (TPSA) is 67.4 Å². The predicted octanol–water partition coefficient (Wildman–Crippen LogP) is 1.42. The molecule has 0 saturated heterocycles. The summed E-state index contributed by atoms with van der Waals surface area (Å²) in [6, 6.07) is -0.989. The number of nitrogens with one attached hydrogen (secondary N) is 2. The van der Waals surface area contributed by atoms with Crippen molar-refractivity contribution in [1.29, 1.82) is 0 Å². The lowest BCUT2D eigenvalue weighted by Crippen LogP contribution is -2.48. The Balaban J connectivity index is 4.11. The van der Waals surface area contributed by atoms with Crippen LogP contribution in [0.5, 0.6) is 0 Å². The summed E-state index contributed by atoms with van der Waals surface area (Å²) < 4.78 is 5.12. The number of urea groups is 1. The summed E-state index contributed by atoms with van der Waals surface area (Å²) in [7, 11) is 0. The van der Waals surface area contributed by atoms with Crippen LogP contribution in [0.1, 0.15) is 41.5 Å². The van der Waals surface area contributed by atoms with Gasteiger partial charge in [0, 0.05) is 6.04 Å². The number of amides is 2. The number of ether oxygens (including phenoxy) is 1. The molecular formula is C11H22N2O3. The molecule has 0 rings (SSSR count). The molecule has 1 atom stereocenters. The van der Waals surface area contributed by atoms with E-state index < -0.39 is 17.6 Å². The van der Waals surface area contributed by atoms with Crippen molar-refractivity contribution in [2.45, 2.75) is 59.2 Å². The Bertz CT molecular complexity index is 256. The van der Waals surface area contributed by atoms with Crippen molar-refractivity contribution < 1.29 is 14.3 Å². The molecule has 0 aromatic rings. The summed E-state index contributed by atoms with van der Waals surface area (Å²) in [5.41, 5.74) is -0.540. The molecule has 94 valence electrons. The number of hydrogen-bond acceptors (Lipinski definition) is 3. The van der Waals surface area contributed by atoms with Crippen LogP contribution in [0.2, 0.25) is 0 Å². The minimum atomic E-state index is -0.655. The van der Waals surface area contributed by atoms with E-state index in [1.165, 1.54) is 0 Å². The van der Waals surface area contributed by atoms with Crippen molar-refractivity contribution in [3.8, 4) is 0 Å². The van der Waals surface area contributed by atoms with E-state index in [2.05, 4.69) is 10.6 Å². The van der Waals surface area contributed by atoms with Crippen molar-refractivity contribution in [3.05, 3.63) is 0 Å². The fraction of sp³-hybridized carbons (Fsp3) is 0.818. The summed E-state index contributed by atoms with van der Waals surface area (Å²) >= 11 is 0. The zero-order valence-electron chi connectivity index (χ0n) is 10.9. The molecule has 0 aromatic carbocycles. The molecule has 16 heavy (non-hydrogen) atoms. The molecule has 5 nitrogen and oxygen atoms in total. The largest absolute Gasteiger partial charge is 0.458 e. The molecule has 0 fully saturated rings. The van der Waals surface area contributed by atoms with Crippen LogP contribution in [-0.4, -0.2) is 29.7 Å². The summed E-state index contributed by atoms with van der Waals surface area (Å²) in [4.78, 5) is 22.8. The van der Waals surface area contributed by atoms with Gasteiger partial charge in [0.1, 0.15) is 11.6 Å². The Morgan fingerprint density at radius 1 is 1.06 bits per heavy atom. The first kappa shape index (κ1) is 14.7. The molecule has 5 heteroatoms. The van der Waals surface area contributed by atoms with Crippen molar-refractivity contribution in [2.75, 3.05) is 0 Å². The lowest BCUT2D eigenvalue weighted by atomic mass is 10.2. The second kappa shape index (κ2) is 5.72. The van der Waals surface area contributed by atoms with E-state index in [9.17, 15) is 9.59 Å². The van der Waals surface area contributed by atoms with Crippen LogP contribution in [0.25, 0.3) is 0 Å². The van der Waals surface area contributed by atoms with Crippen LogP contribution >= 0.6 is 0 Å². The van der Waals surface area contributed by atoms with E-state index in [4.69, 9.17) is 4.74 Å². The summed E-state index contributed by atoms with van der Waals surface area (Å²) in [5.74, 6) is -0.439. The van der Waals surface area contributed by atoms with Gasteiger partial charge in [-0.1, -0.05) is 0 Å². The Morgan fingerprint density at radius 2 is 1.56 bits per heavy atom. The highest BCUT2D eigenvalue weighted by molar-refractivity contribution is 5.83. The lowest BCUT2D eigenvalue weighted by molar-refractivity contribution is -0.156. The van der Waals surface area contributed by atoms with E-state index in [0.29, 0.717) is 0 Å². The summed E-state index contributed by atoms with van der Waals surface area (Å²) in [6.07, 6.45) is 0. The van der Waals surface area contributed by atoms with Gasteiger partial charge in [-0.2, -0.15) is 0 Å². The molecule has 2 N–H and O–H groups in total. The summed E-state index contributed by atoms with van der Waals surface area (Å²) in [5, 5.41) is 5.14. The summed E-state index contributed by atoms with van der Waals surface area (Å²) in [6.45, 7) is 10.6. The fourth-order valence-electron chi connectivity index (χ4n) is 0.950. The molecule has 0 aromatic heterocycles. The van der Waals surface area contributed by atoms with Crippen LogP contribution in [0, 0.1) is 0 Å². The van der Waals surface area contributed by atoms with Gasteiger partial charge in [-0.15, -0.1) is 0 Å². The normalized spacial score (nSPS) is 13.2. The Labute approximate surface area is 96.9 Å². The second-order valence-corrected chi connectivity index (χ2v) is 5.03. The molecular weight excluding hydrogens is 208 g/mol. The highest BCUT2D eigenvalue weighted by Crippen LogP contribution is 2.08. The van der Waals surface area contributed by atoms with Crippen LogP contribution in [0.15, 0.2) is 0 Å². The van der Waals surface area contributed by atoms with Gasteiger partial charge >= 0.3 is 12.0 Å². The van der Waals surface area contributed by atoms with Crippen LogP contribution in [-0.2, 0) is 9.53 Å². The van der Waals surface area contributed by atoms with Crippen LogP contribution in [0.3, 0.4) is 0 Å². The Hall–Kier alpha value is -1.26. The first-order valence-corrected chi connectivity index (χ1v) is 5.41. The molecule has 0 aliphatic carbocycles. The molecule has 0 radical (unpaired) electrons. The maximum absolute atomic E-state index is 11.5. The highest BCUT2D eigenvalue weighted by Gasteiger charge is 2.22. The molecule has 0 aliphatic rings. The van der Waals surface area contributed by atoms with Gasteiger partial charge < -0.3 is 15.4 Å². The van der Waals surface area contributed by atoms with Gasteiger partial charge in [0.05, 0.1) is 0 Å². The molecule has 2 amide bonds. The molecule has 0 heterocycles. The average molecular weight is 230 g/mol. The van der Waals surface area contributed by atoms with E-state index in [1.807, 2.05) is 13.8 Å². The first-order chi connectivity index (χ1) is 7.11. The zero-order valence-corrected chi connectivity index (χ0v) is 10.9. The zero-order chi connectivity index (χ0) is 12.9. The monoisotopic (exact) mass is 230 g/mol. The lowest BCUT2D eigenvalue weighted by Gasteiger charge is -2.23. The van der Waals surface area contributed by atoms with Gasteiger partial charge in [-0.25, -0.2) is 9.59 Å². The average Bonchev–Trinajstić information content (AvgIpc) is 1.98. The maximum atomic E-state index is 11.5. The van der Waals surface area contributed by atoms with Crippen molar-refractivity contribution >= 4 is 12.0 Å². The number of carbonyl (C=O) groups is 2. The molecule has 0 bridgehead atoms. The fourth-order valence-corrected chi connectivity index (χ4v) is 0.950. The highest BCUT2D eigenvalue weighted by atomic mass is 16.6. The van der Waals surface area contributed by atoms with E-state index in [-0.39, 0.29) is 12.1 Å². The standard InChI is InChI=1S/C11H22N2O3/c1-7(2)12-10(15)13-8(3)9(14)16-11(4,5)6/h7-8H,1-6H3,(H2,12,13,15)/t8-/m0/s1. The maximum Gasteiger partial charge on any atom is 0.328 e. The third kappa shape index (κ3) is 7.09. The number of carbonyl (C=O) groups excluding carboxylic acids is 2. The quantitative estimate of drug-likeness (QED) is 0.721. The Morgan fingerprint density at radius 3 is 1.94 bits per heavy atom. The number of rotatable bonds is 3. The number of esters is 1. The SMILES string of the molecule is CC(C)NC(=O)N[C@@H](C)C(=O)OC(C)(C)C. The van der Waals surface area contributed by atoms with Crippen molar-refractivity contribution in [1.82, 2.24) is 10.6 Å². The molecule has 0 saturated carbocycles. The molecule has 0 spiro atoms. The first-order valence-electron chi connectivity index (χ1n) is 5.41. The predicted molar refractivity (Wildman–Crippen MR) is 62.1 cm³/mol. The van der Waals surface area contributed by atoms with Gasteiger partial charge in [-0.05, 0) is 41.5 Å². The van der Waals surface area contributed by atoms with Gasteiger partial charge in [0.25, 0.3) is 0 Å². The second-order valence-electron chi connectivity index (χ2n) is 5.03. The van der Waals surface area contributed by atoms with Gasteiger partial charge in [0.15, 0.2) is 0 Å². The van der Waals surface area contributed by atoms with Crippen LogP contribution in [0.4, 0.5) is 4.79 Å². The number of hydrogen-bond donors (Lipinski definition) is 2. The van der Waals surface area contributed by atoms with E-state index in [0.717, 1.165) is 0 Å². The minimum Gasteiger partial charge on any atom is -0.458 e. The van der Waals surface area contributed by atoms with Gasteiger partial charge in [0.2, 0.25) is 0 Å². The third-order valence-corrected chi connectivity index (χ3v) is 1.53. The smallest absolute Gasteiger partial charge is 0.328 e. The molecule has 0 aliphatic heterocycles. The van der Waals surface area contributed by atoms with Gasteiger partial charge in [-0.3, -0.25) is 0 Å². The Kier molecular flexibility index (Phi) is 5.27. The van der Waals surface area contributed by atoms with Crippen LogP contribution < -0.4 is 10.6 Å². The van der Waals surface area contributed by atoms with Crippen molar-refractivity contribution in [3.63, 3.8) is 0 Å². The third-order valence-electron chi connectivity index (χ3n) is 1.53.